The van der Waals surface area contributed by atoms with Crippen molar-refractivity contribution in [3.63, 3.8) is 0 Å². The number of allylic oxidation sites excluding steroid dienone is 2. The minimum atomic E-state index is -0.846. The molecule has 4 heterocycles. The van der Waals surface area contributed by atoms with Crippen molar-refractivity contribution in [3.8, 4) is 0 Å². The van der Waals surface area contributed by atoms with Gasteiger partial charge in [-0.2, -0.15) is 0 Å². The van der Waals surface area contributed by atoms with E-state index in [2.05, 4.69) is 9.88 Å². The lowest BCUT2D eigenvalue weighted by molar-refractivity contribution is 0.331. The molecule has 1 fully saturated rings. The zero-order chi connectivity index (χ0) is 22.2. The van der Waals surface area contributed by atoms with Crippen LogP contribution in [0.4, 0.5) is 8.78 Å². The average Bonchev–Trinajstić information content (AvgIpc) is 3.53. The second kappa shape index (κ2) is 8.87. The molecule has 0 aliphatic carbocycles. The van der Waals surface area contributed by atoms with Gasteiger partial charge < -0.3 is 4.90 Å². The van der Waals surface area contributed by atoms with E-state index in [4.69, 9.17) is 21.6 Å². The Labute approximate surface area is 195 Å². The number of thiazole rings is 1. The molecule has 5 rings (SSSR count). The molecular weight excluding hydrogens is 450 g/mol. The van der Waals surface area contributed by atoms with Crippen LogP contribution >= 0.6 is 22.9 Å². The molecule has 0 radical (unpaired) electrons. The lowest BCUT2D eigenvalue weighted by atomic mass is 9.91. The molecule has 1 aromatic carbocycles. The van der Waals surface area contributed by atoms with Gasteiger partial charge in [0.25, 0.3) is 0 Å². The van der Waals surface area contributed by atoms with Crippen LogP contribution in [0.2, 0.25) is 5.02 Å². The van der Waals surface area contributed by atoms with E-state index in [-0.39, 0.29) is 11.9 Å². The van der Waals surface area contributed by atoms with Crippen molar-refractivity contribution >= 4 is 34.5 Å². The summed E-state index contributed by atoms with van der Waals surface area (Å²) in [5, 5.41) is 3.13. The van der Waals surface area contributed by atoms with Gasteiger partial charge in [0.1, 0.15) is 11.9 Å². The van der Waals surface area contributed by atoms with Crippen molar-refractivity contribution in [2.75, 3.05) is 6.54 Å². The molecule has 166 valence electrons. The summed E-state index contributed by atoms with van der Waals surface area (Å²) in [5.74, 6) is 0.445. The molecule has 2 unspecified atom stereocenters. The maximum absolute atomic E-state index is 13.8. The Hall–Kier alpha value is -2.38. The fourth-order valence-corrected chi connectivity index (χ4v) is 5.44. The Balaban J connectivity index is 1.61. The number of alkyl halides is 1. The molecule has 0 saturated carbocycles. The van der Waals surface area contributed by atoms with Crippen LogP contribution < -0.4 is 0 Å². The maximum Gasteiger partial charge on any atom is 0.165 e. The Morgan fingerprint density at radius 1 is 1.31 bits per heavy atom. The third-order valence-corrected chi connectivity index (χ3v) is 7.11. The first-order valence-corrected chi connectivity index (χ1v) is 12.1. The molecule has 3 aliphatic rings. The van der Waals surface area contributed by atoms with Gasteiger partial charge in [0, 0.05) is 40.0 Å². The number of hydrogen-bond acceptors (Lipinski definition) is 5. The van der Waals surface area contributed by atoms with Crippen LogP contribution in [0.1, 0.15) is 49.2 Å². The fourth-order valence-electron chi connectivity index (χ4n) is 4.53. The number of aromatic nitrogens is 1. The second-order valence-electron chi connectivity index (χ2n) is 8.27. The Bertz CT molecular complexity index is 1140. The topological polar surface area (TPSA) is 40.9 Å². The Morgan fingerprint density at radius 3 is 2.94 bits per heavy atom. The van der Waals surface area contributed by atoms with E-state index in [1.54, 1.807) is 30.5 Å². The zero-order valence-corrected chi connectivity index (χ0v) is 19.2. The molecule has 1 aromatic heterocycles. The van der Waals surface area contributed by atoms with Gasteiger partial charge in [0.15, 0.2) is 10.8 Å². The molecule has 1 saturated heterocycles. The normalized spacial score (nSPS) is 23.4. The summed E-state index contributed by atoms with van der Waals surface area (Å²) in [4.78, 5) is 16.7. The summed E-state index contributed by atoms with van der Waals surface area (Å²) < 4.78 is 27.2. The van der Waals surface area contributed by atoms with Crippen LogP contribution in [0.3, 0.4) is 0 Å². The van der Waals surface area contributed by atoms with Gasteiger partial charge >= 0.3 is 0 Å². The van der Waals surface area contributed by atoms with E-state index in [1.165, 1.54) is 17.8 Å². The highest BCUT2D eigenvalue weighted by atomic mass is 35.5. The van der Waals surface area contributed by atoms with Crippen LogP contribution in [-0.2, 0) is 0 Å². The summed E-state index contributed by atoms with van der Waals surface area (Å²) in [6.45, 7) is 2.44. The SMILES string of the molecule is CC(F)CCC1C=CC(C2=C3CCCN3C(c3nccs3)=N[C@H]2c2ccc(F)cc2Cl)=N1. The number of fused-ring (bicyclic) bond motifs is 1. The highest BCUT2D eigenvalue weighted by molar-refractivity contribution is 7.11. The van der Waals surface area contributed by atoms with E-state index < -0.39 is 12.2 Å². The lowest BCUT2D eigenvalue weighted by Gasteiger charge is -2.33. The van der Waals surface area contributed by atoms with Crippen LogP contribution in [-0.4, -0.2) is 40.2 Å². The van der Waals surface area contributed by atoms with Gasteiger partial charge in [-0.05, 0) is 50.8 Å². The van der Waals surface area contributed by atoms with Crippen molar-refractivity contribution < 1.29 is 8.78 Å². The minimum Gasteiger partial charge on any atom is -0.327 e. The number of aliphatic imine (C=N–C) groups is 2. The highest BCUT2D eigenvalue weighted by Crippen LogP contribution is 2.43. The first-order valence-electron chi connectivity index (χ1n) is 10.8. The molecule has 0 bridgehead atoms. The Morgan fingerprint density at radius 2 is 2.19 bits per heavy atom. The van der Waals surface area contributed by atoms with Crippen LogP contribution in [0, 0.1) is 5.82 Å². The monoisotopic (exact) mass is 472 g/mol. The summed E-state index contributed by atoms with van der Waals surface area (Å²) in [6.07, 6.45) is 8.02. The quantitative estimate of drug-likeness (QED) is 0.494. The van der Waals surface area contributed by atoms with Crippen LogP contribution in [0.5, 0.6) is 0 Å². The number of amidine groups is 1. The highest BCUT2D eigenvalue weighted by Gasteiger charge is 2.38. The molecule has 4 nitrogen and oxygen atoms in total. The fraction of sp³-hybridized carbons (Fsp3) is 0.375. The van der Waals surface area contributed by atoms with Crippen molar-refractivity contribution in [2.45, 2.75) is 50.9 Å². The zero-order valence-electron chi connectivity index (χ0n) is 17.6. The smallest absolute Gasteiger partial charge is 0.165 e. The first-order chi connectivity index (χ1) is 15.5. The lowest BCUT2D eigenvalue weighted by Crippen LogP contribution is -2.34. The van der Waals surface area contributed by atoms with Crippen molar-refractivity contribution in [2.24, 2.45) is 9.98 Å². The largest absolute Gasteiger partial charge is 0.327 e. The van der Waals surface area contributed by atoms with Gasteiger partial charge in [-0.15, -0.1) is 11.3 Å². The number of benzene rings is 1. The van der Waals surface area contributed by atoms with Gasteiger partial charge in [0.05, 0.1) is 17.9 Å². The van der Waals surface area contributed by atoms with Crippen LogP contribution in [0.15, 0.2) is 63.2 Å². The predicted octanol–water partition coefficient (Wildman–Crippen LogP) is 6.30. The van der Waals surface area contributed by atoms with Crippen LogP contribution in [0.25, 0.3) is 0 Å². The summed E-state index contributed by atoms with van der Waals surface area (Å²) in [5.41, 5.74) is 3.77. The van der Waals surface area contributed by atoms with E-state index >= 15 is 0 Å². The van der Waals surface area contributed by atoms with Gasteiger partial charge in [0.2, 0.25) is 0 Å². The number of hydrogen-bond donors (Lipinski definition) is 0. The van der Waals surface area contributed by atoms with Crippen molar-refractivity contribution in [1.29, 1.82) is 0 Å². The van der Waals surface area contributed by atoms with Crippen molar-refractivity contribution in [3.05, 3.63) is 74.6 Å². The van der Waals surface area contributed by atoms with E-state index in [1.807, 2.05) is 17.5 Å². The first kappa shape index (κ1) is 21.5. The Kier molecular flexibility index (Phi) is 5.95. The third-order valence-electron chi connectivity index (χ3n) is 6.01. The molecule has 3 atom stereocenters. The molecule has 0 spiro atoms. The molecular formula is C24H23ClF2N4S. The van der Waals surface area contributed by atoms with Gasteiger partial charge in [-0.25, -0.2) is 13.8 Å². The van der Waals surface area contributed by atoms with Crippen molar-refractivity contribution in [1.82, 2.24) is 9.88 Å². The molecule has 3 aliphatic heterocycles. The summed E-state index contributed by atoms with van der Waals surface area (Å²) >= 11 is 8.05. The van der Waals surface area contributed by atoms with E-state index in [0.29, 0.717) is 17.9 Å². The number of rotatable bonds is 6. The third kappa shape index (κ3) is 4.04. The standard InChI is InChI=1S/C24H23ClF2N4S/c1-14(26)4-6-16-7-9-19(29-16)21-20-3-2-11-31(20)23(24-28-10-12-32-24)30-22(21)17-8-5-15(27)13-18(17)25/h5,7-10,12-14,16,22H,2-4,6,11H2,1H3/t14?,16?,22-/m0/s1. The molecule has 0 amide bonds. The maximum atomic E-state index is 13.8. The molecule has 32 heavy (non-hydrogen) atoms. The van der Waals surface area contributed by atoms with E-state index in [0.717, 1.165) is 47.1 Å². The number of halogens is 3. The molecule has 0 N–H and O–H groups in total. The number of nitrogens with zero attached hydrogens (tertiary/aromatic N) is 4. The molecule has 8 heteroatoms. The van der Waals surface area contributed by atoms with E-state index in [9.17, 15) is 8.78 Å². The summed E-state index contributed by atoms with van der Waals surface area (Å²) in [6, 6.07) is 4.00. The predicted molar refractivity (Wildman–Crippen MR) is 126 cm³/mol. The van der Waals surface area contributed by atoms with Gasteiger partial charge in [-0.3, -0.25) is 9.98 Å². The average molecular weight is 473 g/mol. The second-order valence-corrected chi connectivity index (χ2v) is 9.57. The molecule has 2 aromatic rings. The summed E-state index contributed by atoms with van der Waals surface area (Å²) in [7, 11) is 0. The minimum absolute atomic E-state index is 0.0418. The van der Waals surface area contributed by atoms with Gasteiger partial charge in [-0.1, -0.05) is 23.7 Å².